The minimum absolute atomic E-state index is 0.140. The highest BCUT2D eigenvalue weighted by atomic mass is 35.5. The van der Waals surface area contributed by atoms with E-state index >= 15 is 0 Å². The summed E-state index contributed by atoms with van der Waals surface area (Å²) in [5.74, 6) is -0.710. The number of hydrazine groups is 1. The predicted octanol–water partition coefficient (Wildman–Crippen LogP) is 5.67. The number of nitrogens with one attached hydrogen (secondary N) is 1. The van der Waals surface area contributed by atoms with Gasteiger partial charge in [-0.1, -0.05) is 84.0 Å². The lowest BCUT2D eigenvalue weighted by atomic mass is 10.1. The van der Waals surface area contributed by atoms with Crippen LogP contribution < -0.4 is 5.43 Å². The van der Waals surface area contributed by atoms with Crippen LogP contribution in [0.5, 0.6) is 0 Å². The molecule has 0 atom stereocenters. The summed E-state index contributed by atoms with van der Waals surface area (Å²) in [6, 6.07) is 26.4. The summed E-state index contributed by atoms with van der Waals surface area (Å²) >= 11 is 12.6. The summed E-state index contributed by atoms with van der Waals surface area (Å²) in [5, 5.41) is 6.52. The Bertz CT molecular complexity index is 1470. The molecule has 2 heterocycles. The summed E-state index contributed by atoms with van der Waals surface area (Å²) in [4.78, 5) is 26.1. The third-order valence-electron chi connectivity index (χ3n) is 5.41. The van der Waals surface area contributed by atoms with Crippen molar-refractivity contribution in [2.75, 3.05) is 0 Å². The molecule has 2 amide bonds. The average molecular weight is 531 g/mol. The zero-order valence-electron chi connectivity index (χ0n) is 18.8. The first-order valence-corrected chi connectivity index (χ1v) is 12.6. The number of hydrogen-bond donors (Lipinski definition) is 1. The van der Waals surface area contributed by atoms with Gasteiger partial charge in [0.1, 0.15) is 0 Å². The van der Waals surface area contributed by atoms with Crippen molar-refractivity contribution in [3.8, 4) is 16.9 Å². The van der Waals surface area contributed by atoms with Crippen molar-refractivity contribution in [1.82, 2.24) is 20.2 Å². The second-order valence-corrected chi connectivity index (χ2v) is 10.0. The molecule has 1 N–H and O–H groups in total. The van der Waals surface area contributed by atoms with Crippen LogP contribution in [-0.2, 0) is 16.0 Å². The summed E-state index contributed by atoms with van der Waals surface area (Å²) in [5.41, 5.74) is 6.64. The van der Waals surface area contributed by atoms with Gasteiger partial charge in [0.15, 0.2) is 4.32 Å². The van der Waals surface area contributed by atoms with Gasteiger partial charge >= 0.3 is 0 Å². The number of thioether (sulfide) groups is 1. The number of benzene rings is 3. The van der Waals surface area contributed by atoms with E-state index in [-0.39, 0.29) is 22.6 Å². The minimum atomic E-state index is -0.388. The van der Waals surface area contributed by atoms with E-state index in [0.29, 0.717) is 15.6 Å². The number of carbonyl (C=O) groups is 2. The third kappa shape index (κ3) is 5.26. The van der Waals surface area contributed by atoms with Crippen LogP contribution in [0.2, 0.25) is 5.02 Å². The molecule has 6 nitrogen and oxygen atoms in total. The molecule has 1 fully saturated rings. The normalized spacial score (nSPS) is 14.5. The van der Waals surface area contributed by atoms with Crippen molar-refractivity contribution in [3.63, 3.8) is 0 Å². The molecule has 0 bridgehead atoms. The molecule has 0 radical (unpaired) electrons. The van der Waals surface area contributed by atoms with E-state index in [1.165, 1.54) is 0 Å². The number of nitrogens with zero attached hydrogens (tertiary/aromatic N) is 3. The van der Waals surface area contributed by atoms with Gasteiger partial charge in [0.2, 0.25) is 5.91 Å². The van der Waals surface area contributed by atoms with Gasteiger partial charge in [-0.25, -0.2) is 4.68 Å². The summed E-state index contributed by atoms with van der Waals surface area (Å²) in [6.07, 6.45) is 3.75. The Balaban J connectivity index is 1.44. The fraction of sp³-hybridized carbons (Fsp3) is 0.0370. The highest BCUT2D eigenvalue weighted by Gasteiger charge is 2.34. The molecular weight excluding hydrogens is 512 g/mol. The van der Waals surface area contributed by atoms with E-state index in [1.807, 2.05) is 79.0 Å². The maximum atomic E-state index is 13.2. The summed E-state index contributed by atoms with van der Waals surface area (Å²) in [7, 11) is 0. The Hall–Kier alpha value is -3.72. The van der Waals surface area contributed by atoms with Gasteiger partial charge in [0, 0.05) is 22.3 Å². The standard InChI is InChI=1S/C27H19ClN4O2S2/c28-21-13-11-19(12-14-21)25-20(17-31(30-25)22-9-5-2-6-10-22)16-23-26(34)32(27(35)36-23)29-24(33)15-18-7-3-1-4-8-18/h1-14,16-17H,15H2,(H,29,33)/b23-16-. The minimum Gasteiger partial charge on any atom is -0.273 e. The molecule has 0 unspecified atom stereocenters. The van der Waals surface area contributed by atoms with Crippen LogP contribution in [0.3, 0.4) is 0 Å². The lowest BCUT2D eigenvalue weighted by Crippen LogP contribution is -2.45. The van der Waals surface area contributed by atoms with Crippen molar-refractivity contribution >= 4 is 57.8 Å². The molecule has 1 aliphatic rings. The first-order valence-electron chi connectivity index (χ1n) is 11.0. The molecule has 9 heteroatoms. The van der Waals surface area contributed by atoms with Crippen molar-refractivity contribution in [1.29, 1.82) is 0 Å². The van der Waals surface area contributed by atoms with Gasteiger partial charge < -0.3 is 0 Å². The molecule has 4 aromatic rings. The number of halogens is 1. The zero-order valence-corrected chi connectivity index (χ0v) is 21.2. The molecular formula is C27H19ClN4O2S2. The van der Waals surface area contributed by atoms with Crippen LogP contribution in [0.4, 0.5) is 0 Å². The van der Waals surface area contributed by atoms with Crippen LogP contribution in [0.1, 0.15) is 11.1 Å². The van der Waals surface area contributed by atoms with Gasteiger partial charge in [0.25, 0.3) is 5.91 Å². The second-order valence-electron chi connectivity index (χ2n) is 7.93. The molecule has 0 aliphatic carbocycles. The molecule has 0 spiro atoms. The smallest absolute Gasteiger partial charge is 0.273 e. The van der Waals surface area contributed by atoms with E-state index in [4.69, 9.17) is 28.9 Å². The van der Waals surface area contributed by atoms with E-state index in [2.05, 4.69) is 5.43 Å². The third-order valence-corrected chi connectivity index (χ3v) is 6.96. The SMILES string of the molecule is O=C(Cc1ccccc1)NN1C(=O)/C(=C/c2cn(-c3ccccc3)nc2-c2ccc(Cl)cc2)SC1=S. The monoisotopic (exact) mass is 530 g/mol. The van der Waals surface area contributed by atoms with Crippen molar-refractivity contribution < 1.29 is 9.59 Å². The fourth-order valence-corrected chi connectivity index (χ4v) is 4.99. The van der Waals surface area contributed by atoms with Gasteiger partial charge in [0.05, 0.1) is 22.7 Å². The van der Waals surface area contributed by atoms with Crippen LogP contribution in [0, 0.1) is 0 Å². The van der Waals surface area contributed by atoms with E-state index < -0.39 is 0 Å². The largest absolute Gasteiger partial charge is 0.285 e. The maximum Gasteiger partial charge on any atom is 0.285 e. The number of amides is 2. The Morgan fingerprint density at radius 3 is 2.36 bits per heavy atom. The van der Waals surface area contributed by atoms with E-state index in [1.54, 1.807) is 22.9 Å². The molecule has 3 aromatic carbocycles. The topological polar surface area (TPSA) is 67.2 Å². The predicted molar refractivity (Wildman–Crippen MR) is 147 cm³/mol. The second kappa shape index (κ2) is 10.5. The molecule has 5 rings (SSSR count). The lowest BCUT2D eigenvalue weighted by molar-refractivity contribution is -0.132. The van der Waals surface area contributed by atoms with Crippen molar-refractivity contribution in [2.45, 2.75) is 6.42 Å². The van der Waals surface area contributed by atoms with Crippen LogP contribution in [-0.4, -0.2) is 30.9 Å². The van der Waals surface area contributed by atoms with Gasteiger partial charge in [-0.3, -0.25) is 15.0 Å². The summed E-state index contributed by atoms with van der Waals surface area (Å²) in [6.45, 7) is 0. The first kappa shape index (κ1) is 24.0. The van der Waals surface area contributed by atoms with Crippen LogP contribution in [0.25, 0.3) is 23.0 Å². The Morgan fingerprint density at radius 2 is 1.67 bits per heavy atom. The van der Waals surface area contributed by atoms with E-state index in [9.17, 15) is 9.59 Å². The van der Waals surface area contributed by atoms with Crippen molar-refractivity contribution in [2.24, 2.45) is 0 Å². The van der Waals surface area contributed by atoms with Gasteiger partial charge in [-0.2, -0.15) is 10.1 Å². The summed E-state index contributed by atoms with van der Waals surface area (Å²) < 4.78 is 2.02. The Kier molecular flexibility index (Phi) is 6.99. The fourth-order valence-electron chi connectivity index (χ4n) is 3.69. The molecule has 36 heavy (non-hydrogen) atoms. The molecule has 1 saturated heterocycles. The Morgan fingerprint density at radius 1 is 1.00 bits per heavy atom. The number of thiocarbonyl (C=S) groups is 1. The quantitative estimate of drug-likeness (QED) is 0.257. The highest BCUT2D eigenvalue weighted by Crippen LogP contribution is 2.34. The molecule has 178 valence electrons. The number of hydrogen-bond acceptors (Lipinski definition) is 5. The maximum absolute atomic E-state index is 13.2. The van der Waals surface area contributed by atoms with Crippen LogP contribution >= 0.6 is 35.6 Å². The average Bonchev–Trinajstić information content (AvgIpc) is 3.42. The highest BCUT2D eigenvalue weighted by molar-refractivity contribution is 8.26. The van der Waals surface area contributed by atoms with E-state index in [0.717, 1.165) is 39.1 Å². The number of rotatable bonds is 6. The molecule has 1 aliphatic heterocycles. The molecule has 1 aromatic heterocycles. The van der Waals surface area contributed by atoms with Crippen LogP contribution in [0.15, 0.2) is 96.0 Å². The first-order chi connectivity index (χ1) is 17.5. The zero-order chi connectivity index (χ0) is 25.1. The number of para-hydroxylation sites is 1. The van der Waals surface area contributed by atoms with Gasteiger partial charge in [-0.05, 0) is 48.1 Å². The number of aromatic nitrogens is 2. The lowest BCUT2D eigenvalue weighted by Gasteiger charge is -2.15. The Labute approximate surface area is 222 Å². The van der Waals surface area contributed by atoms with Crippen molar-refractivity contribution in [3.05, 3.63) is 112 Å². The van der Waals surface area contributed by atoms with Gasteiger partial charge in [-0.15, -0.1) is 0 Å². The molecule has 0 saturated carbocycles. The number of carbonyl (C=O) groups excluding carboxylic acids is 2.